The van der Waals surface area contributed by atoms with Crippen LogP contribution in [-0.4, -0.2) is 64.6 Å². The summed E-state index contributed by atoms with van der Waals surface area (Å²) in [5.41, 5.74) is 5.05. The number of nitrogens with zero attached hydrogens (tertiary/aromatic N) is 1. The van der Waals surface area contributed by atoms with Crippen LogP contribution in [0.15, 0.2) is 79.1 Å². The monoisotopic (exact) mass is 579 g/mol. The minimum Gasteiger partial charge on any atom is -0.508 e. The predicted octanol–water partition coefficient (Wildman–Crippen LogP) is 4.59. The molecule has 0 saturated carbocycles. The second-order valence-electron chi connectivity index (χ2n) is 11.2. The fourth-order valence-electron chi connectivity index (χ4n) is 6.20. The largest absolute Gasteiger partial charge is 0.508 e. The van der Waals surface area contributed by atoms with Crippen molar-refractivity contribution < 1.29 is 19.4 Å². The Kier molecular flexibility index (Phi) is 8.33. The Morgan fingerprint density at radius 1 is 0.953 bits per heavy atom. The van der Waals surface area contributed by atoms with E-state index in [4.69, 9.17) is 4.74 Å². The molecule has 6 rings (SSSR count). The normalized spacial score (nSPS) is 15.0. The van der Waals surface area contributed by atoms with E-state index >= 15 is 0 Å². The van der Waals surface area contributed by atoms with Crippen LogP contribution in [0.3, 0.4) is 0 Å². The van der Waals surface area contributed by atoms with Gasteiger partial charge in [0.25, 0.3) is 0 Å². The lowest BCUT2D eigenvalue weighted by Gasteiger charge is -2.31. The van der Waals surface area contributed by atoms with Crippen LogP contribution in [0.5, 0.6) is 11.5 Å². The number of nitrogens with one attached hydrogen (secondary N) is 4. The molecule has 222 valence electrons. The first-order valence-electron chi connectivity index (χ1n) is 14.7. The van der Waals surface area contributed by atoms with E-state index < -0.39 is 6.04 Å². The number of hydrogen-bond donors (Lipinski definition) is 5. The second-order valence-corrected chi connectivity index (χ2v) is 11.2. The third-order valence-electron chi connectivity index (χ3n) is 8.49. The minimum atomic E-state index is -0.738. The number of piperidine rings is 1. The zero-order valence-corrected chi connectivity index (χ0v) is 24.2. The smallest absolute Gasteiger partial charge is 0.243 e. The maximum absolute atomic E-state index is 13.5. The first-order valence-corrected chi connectivity index (χ1v) is 14.7. The average Bonchev–Trinajstić information content (AvgIpc) is 3.64. The van der Waals surface area contributed by atoms with Crippen molar-refractivity contribution in [3.05, 3.63) is 95.8 Å². The van der Waals surface area contributed by atoms with Gasteiger partial charge in [-0.15, -0.1) is 0 Å². The molecule has 9 heteroatoms. The highest BCUT2D eigenvalue weighted by molar-refractivity contribution is 5.90. The number of phenols is 1. The summed E-state index contributed by atoms with van der Waals surface area (Å²) in [5.74, 6) is 0.897. The van der Waals surface area contributed by atoms with Gasteiger partial charge in [-0.3, -0.25) is 14.5 Å². The molecule has 1 unspecified atom stereocenters. The SMILES string of the molecule is COc1ccccc1CNC(=O)C(Cc1c[nH]c2ccccc12)NC(=O)CN1CCC(c2c[nH]c3ccc(O)cc23)CC1. The summed E-state index contributed by atoms with van der Waals surface area (Å²) in [6, 6.07) is 20.2. The van der Waals surface area contributed by atoms with Crippen molar-refractivity contribution in [3.8, 4) is 11.5 Å². The molecule has 5 N–H and O–H groups in total. The molecule has 43 heavy (non-hydrogen) atoms. The Hall–Kier alpha value is -4.76. The number of fused-ring (bicyclic) bond motifs is 2. The third-order valence-corrected chi connectivity index (χ3v) is 8.49. The second kappa shape index (κ2) is 12.6. The van der Waals surface area contributed by atoms with Gasteiger partial charge in [0.2, 0.25) is 11.8 Å². The summed E-state index contributed by atoms with van der Waals surface area (Å²) in [6.07, 6.45) is 6.13. The van der Waals surface area contributed by atoms with Gasteiger partial charge in [-0.05, 0) is 73.3 Å². The van der Waals surface area contributed by atoms with Gasteiger partial charge in [-0.1, -0.05) is 36.4 Å². The molecule has 5 aromatic rings. The molecule has 2 amide bonds. The molecule has 3 aromatic carbocycles. The summed E-state index contributed by atoms with van der Waals surface area (Å²) < 4.78 is 5.43. The van der Waals surface area contributed by atoms with Crippen LogP contribution in [0, 0.1) is 0 Å². The minimum absolute atomic E-state index is 0.173. The number of rotatable bonds is 10. The van der Waals surface area contributed by atoms with E-state index in [1.54, 1.807) is 13.2 Å². The molecule has 2 aromatic heterocycles. The lowest BCUT2D eigenvalue weighted by atomic mass is 9.89. The van der Waals surface area contributed by atoms with Crippen LogP contribution in [0.1, 0.15) is 35.4 Å². The maximum Gasteiger partial charge on any atom is 0.243 e. The van der Waals surface area contributed by atoms with Gasteiger partial charge in [0.1, 0.15) is 17.5 Å². The van der Waals surface area contributed by atoms with E-state index in [1.165, 1.54) is 5.56 Å². The number of benzene rings is 3. The summed E-state index contributed by atoms with van der Waals surface area (Å²) >= 11 is 0. The zero-order valence-electron chi connectivity index (χ0n) is 24.2. The number of aromatic amines is 2. The molecule has 0 bridgehead atoms. The standard InChI is InChI=1S/C34H37N5O4/c1-43-32-9-5-2-6-23(32)18-37-34(42)31(16-24-19-35-29-8-4-3-7-26(24)29)38-33(41)21-39-14-12-22(13-15-39)28-20-36-30-11-10-25(40)17-27(28)30/h2-11,17,19-20,22,31,35-36,40H,12-16,18,21H2,1H3,(H,37,42)(H,38,41). The molecular weight excluding hydrogens is 542 g/mol. The first-order chi connectivity index (χ1) is 21.0. The van der Waals surface area contributed by atoms with Crippen LogP contribution in [0.25, 0.3) is 21.8 Å². The van der Waals surface area contributed by atoms with Gasteiger partial charge in [-0.25, -0.2) is 0 Å². The molecule has 0 radical (unpaired) electrons. The molecule has 3 heterocycles. The van der Waals surface area contributed by atoms with Crippen molar-refractivity contribution in [1.82, 2.24) is 25.5 Å². The Balaban J connectivity index is 1.10. The highest BCUT2D eigenvalue weighted by Gasteiger charge is 2.27. The highest BCUT2D eigenvalue weighted by atomic mass is 16.5. The molecular formula is C34H37N5O4. The van der Waals surface area contributed by atoms with Crippen molar-refractivity contribution in [2.75, 3.05) is 26.7 Å². The molecule has 1 fully saturated rings. The molecule has 9 nitrogen and oxygen atoms in total. The van der Waals surface area contributed by atoms with Crippen LogP contribution in [0.4, 0.5) is 0 Å². The van der Waals surface area contributed by atoms with Gasteiger partial charge in [0.15, 0.2) is 0 Å². The maximum atomic E-state index is 13.5. The number of phenolic OH excluding ortho intramolecular Hbond substituents is 1. The van der Waals surface area contributed by atoms with Crippen LogP contribution >= 0.6 is 0 Å². The molecule has 0 aliphatic carbocycles. The molecule has 0 spiro atoms. The van der Waals surface area contributed by atoms with E-state index in [0.717, 1.165) is 58.9 Å². The van der Waals surface area contributed by atoms with Crippen LogP contribution in [0.2, 0.25) is 0 Å². The number of methoxy groups -OCH3 is 1. The predicted molar refractivity (Wildman–Crippen MR) is 167 cm³/mol. The molecule has 1 atom stereocenters. The zero-order chi connectivity index (χ0) is 29.8. The molecule has 1 aliphatic rings. The number of likely N-dealkylation sites (tertiary alicyclic amines) is 1. The lowest BCUT2D eigenvalue weighted by Crippen LogP contribution is -2.51. The Morgan fingerprint density at radius 2 is 1.70 bits per heavy atom. The van der Waals surface area contributed by atoms with Crippen molar-refractivity contribution >= 4 is 33.6 Å². The number of para-hydroxylation sites is 2. The van der Waals surface area contributed by atoms with Crippen molar-refractivity contribution in [3.63, 3.8) is 0 Å². The fourth-order valence-corrected chi connectivity index (χ4v) is 6.20. The average molecular weight is 580 g/mol. The Morgan fingerprint density at radius 3 is 2.53 bits per heavy atom. The number of H-pyrrole nitrogens is 2. The van der Waals surface area contributed by atoms with E-state index in [-0.39, 0.29) is 24.1 Å². The fraction of sp³-hybridized carbons (Fsp3) is 0.294. The summed E-state index contributed by atoms with van der Waals surface area (Å²) in [6.45, 7) is 2.07. The number of hydrogen-bond acceptors (Lipinski definition) is 5. The van der Waals surface area contributed by atoms with E-state index in [2.05, 4.69) is 25.5 Å². The summed E-state index contributed by atoms with van der Waals surface area (Å²) in [5, 5.41) is 18.1. The molecule has 1 aliphatic heterocycles. The number of aromatic nitrogens is 2. The Labute approximate surface area is 250 Å². The van der Waals surface area contributed by atoms with Gasteiger partial charge < -0.3 is 30.4 Å². The lowest BCUT2D eigenvalue weighted by molar-refractivity contribution is -0.129. The summed E-state index contributed by atoms with van der Waals surface area (Å²) in [4.78, 5) is 35.5. The topological polar surface area (TPSA) is 122 Å². The highest BCUT2D eigenvalue weighted by Crippen LogP contribution is 2.34. The van der Waals surface area contributed by atoms with Crippen molar-refractivity contribution in [1.29, 1.82) is 0 Å². The Bertz CT molecular complexity index is 1730. The molecule has 1 saturated heterocycles. The number of aromatic hydroxyl groups is 1. The van der Waals surface area contributed by atoms with Gasteiger partial charge in [-0.2, -0.15) is 0 Å². The third kappa shape index (κ3) is 6.36. The van der Waals surface area contributed by atoms with Gasteiger partial charge in [0, 0.05) is 52.7 Å². The number of carbonyl (C=O) groups is 2. The van der Waals surface area contributed by atoms with Crippen molar-refractivity contribution in [2.45, 2.75) is 37.8 Å². The van der Waals surface area contributed by atoms with Crippen molar-refractivity contribution in [2.24, 2.45) is 0 Å². The number of ether oxygens (including phenoxy) is 1. The van der Waals surface area contributed by atoms with Gasteiger partial charge >= 0.3 is 0 Å². The van der Waals surface area contributed by atoms with E-state index in [1.807, 2.05) is 73.1 Å². The number of carbonyl (C=O) groups excluding carboxylic acids is 2. The number of amides is 2. The first kappa shape index (κ1) is 28.4. The van der Waals surface area contributed by atoms with E-state index in [9.17, 15) is 14.7 Å². The summed E-state index contributed by atoms with van der Waals surface area (Å²) in [7, 11) is 1.61. The van der Waals surface area contributed by atoms with E-state index in [0.29, 0.717) is 24.6 Å². The van der Waals surface area contributed by atoms with Gasteiger partial charge in [0.05, 0.1) is 13.7 Å². The quantitative estimate of drug-likeness (QED) is 0.166. The van der Waals surface area contributed by atoms with Crippen LogP contribution in [-0.2, 0) is 22.6 Å². The van der Waals surface area contributed by atoms with Crippen LogP contribution < -0.4 is 15.4 Å².